The summed E-state index contributed by atoms with van der Waals surface area (Å²) in [6.07, 6.45) is -0.133. The molecule has 1 aliphatic heterocycles. The van der Waals surface area contributed by atoms with Crippen LogP contribution in [0.25, 0.3) is 0 Å². The first-order chi connectivity index (χ1) is 11.9. The standard InChI is InChI=1S/C17H19N5O3/c1-11-8-14(20-21(11)2)19-15(23)9-13-16(24)22(17(25)18-13)10-12-6-4-3-5-7-12/h3-8,13H,9-10H2,1-2H3,(H,18,25)(H,19,20,23)/t13-/m0/s1. The van der Waals surface area contributed by atoms with Gasteiger partial charge < -0.3 is 10.6 Å². The predicted molar refractivity (Wildman–Crippen MR) is 90.5 cm³/mol. The molecule has 2 aromatic rings. The molecule has 0 spiro atoms. The number of nitrogens with one attached hydrogen (secondary N) is 2. The van der Waals surface area contributed by atoms with Crippen molar-refractivity contribution in [2.45, 2.75) is 25.9 Å². The zero-order valence-corrected chi connectivity index (χ0v) is 14.0. The molecule has 1 aliphatic rings. The third-order valence-corrected chi connectivity index (χ3v) is 4.06. The summed E-state index contributed by atoms with van der Waals surface area (Å²) in [4.78, 5) is 37.7. The predicted octanol–water partition coefficient (Wildman–Crippen LogP) is 1.18. The van der Waals surface area contributed by atoms with Crippen molar-refractivity contribution >= 4 is 23.7 Å². The largest absolute Gasteiger partial charge is 0.325 e. The lowest BCUT2D eigenvalue weighted by Crippen LogP contribution is -2.34. The van der Waals surface area contributed by atoms with Crippen LogP contribution in [-0.2, 0) is 23.2 Å². The number of anilines is 1. The van der Waals surface area contributed by atoms with Gasteiger partial charge in [0.2, 0.25) is 5.91 Å². The molecule has 4 amide bonds. The van der Waals surface area contributed by atoms with Crippen LogP contribution in [0, 0.1) is 6.92 Å². The molecule has 1 atom stereocenters. The van der Waals surface area contributed by atoms with Gasteiger partial charge in [0.05, 0.1) is 13.0 Å². The Labute approximate surface area is 144 Å². The second-order valence-electron chi connectivity index (χ2n) is 5.96. The second-order valence-corrected chi connectivity index (χ2v) is 5.96. The molecule has 2 heterocycles. The van der Waals surface area contributed by atoms with Gasteiger partial charge in [0, 0.05) is 18.8 Å². The van der Waals surface area contributed by atoms with Gasteiger partial charge in [0.25, 0.3) is 5.91 Å². The van der Waals surface area contributed by atoms with Gasteiger partial charge >= 0.3 is 6.03 Å². The van der Waals surface area contributed by atoms with Crippen LogP contribution in [0.1, 0.15) is 17.7 Å². The van der Waals surface area contributed by atoms with Crippen molar-refractivity contribution < 1.29 is 14.4 Å². The first kappa shape index (κ1) is 16.7. The molecule has 2 N–H and O–H groups in total. The van der Waals surface area contributed by atoms with E-state index in [2.05, 4.69) is 15.7 Å². The van der Waals surface area contributed by atoms with Gasteiger partial charge in [-0.2, -0.15) is 5.10 Å². The monoisotopic (exact) mass is 341 g/mol. The van der Waals surface area contributed by atoms with Gasteiger partial charge in [0.15, 0.2) is 5.82 Å². The molecule has 1 saturated heterocycles. The summed E-state index contributed by atoms with van der Waals surface area (Å²) in [5.41, 5.74) is 1.75. The molecule has 1 aromatic carbocycles. The molecular weight excluding hydrogens is 322 g/mol. The Balaban J connectivity index is 1.60. The second kappa shape index (κ2) is 6.76. The van der Waals surface area contributed by atoms with Crippen molar-refractivity contribution in [1.29, 1.82) is 0 Å². The highest BCUT2D eigenvalue weighted by atomic mass is 16.2. The maximum Gasteiger partial charge on any atom is 0.325 e. The topological polar surface area (TPSA) is 96.3 Å². The van der Waals surface area contributed by atoms with Crippen molar-refractivity contribution in [3.05, 3.63) is 47.7 Å². The fourth-order valence-corrected chi connectivity index (χ4v) is 2.63. The summed E-state index contributed by atoms with van der Waals surface area (Å²) in [6, 6.07) is 9.60. The molecule has 0 bridgehead atoms. The zero-order chi connectivity index (χ0) is 18.0. The molecule has 3 rings (SSSR count). The summed E-state index contributed by atoms with van der Waals surface area (Å²) in [5.74, 6) is -0.359. The first-order valence-electron chi connectivity index (χ1n) is 7.90. The van der Waals surface area contributed by atoms with Gasteiger partial charge in [-0.25, -0.2) is 4.79 Å². The number of imide groups is 1. The number of urea groups is 1. The Morgan fingerprint density at radius 2 is 2.00 bits per heavy atom. The number of aryl methyl sites for hydroxylation is 2. The van der Waals surface area contributed by atoms with Crippen molar-refractivity contribution in [1.82, 2.24) is 20.0 Å². The highest BCUT2D eigenvalue weighted by Gasteiger charge is 2.39. The van der Waals surface area contributed by atoms with Crippen LogP contribution in [0.5, 0.6) is 0 Å². The van der Waals surface area contributed by atoms with E-state index < -0.39 is 18.0 Å². The summed E-state index contributed by atoms with van der Waals surface area (Å²) >= 11 is 0. The number of amides is 4. The van der Waals surface area contributed by atoms with E-state index in [-0.39, 0.29) is 18.9 Å². The minimum absolute atomic E-state index is 0.133. The average Bonchev–Trinajstić information content (AvgIpc) is 3.01. The van der Waals surface area contributed by atoms with E-state index in [1.165, 1.54) is 0 Å². The Hall–Kier alpha value is -3.16. The van der Waals surface area contributed by atoms with Crippen LogP contribution >= 0.6 is 0 Å². The number of hydrogen-bond donors (Lipinski definition) is 2. The SMILES string of the molecule is Cc1cc(NC(=O)C[C@@H]2NC(=O)N(Cc3ccccc3)C2=O)nn1C. The molecule has 8 nitrogen and oxygen atoms in total. The summed E-state index contributed by atoms with van der Waals surface area (Å²) < 4.78 is 1.64. The molecule has 0 saturated carbocycles. The molecule has 1 aromatic heterocycles. The van der Waals surface area contributed by atoms with E-state index in [4.69, 9.17) is 0 Å². The van der Waals surface area contributed by atoms with Gasteiger partial charge in [-0.05, 0) is 12.5 Å². The van der Waals surface area contributed by atoms with Crippen molar-refractivity contribution in [2.75, 3.05) is 5.32 Å². The fourth-order valence-electron chi connectivity index (χ4n) is 2.63. The molecule has 8 heteroatoms. The lowest BCUT2D eigenvalue weighted by Gasteiger charge is -2.12. The summed E-state index contributed by atoms with van der Waals surface area (Å²) in [6.45, 7) is 2.05. The maximum atomic E-state index is 12.4. The van der Waals surface area contributed by atoms with Crippen LogP contribution in [0.15, 0.2) is 36.4 Å². The molecule has 0 aliphatic carbocycles. The Morgan fingerprint density at radius 1 is 1.28 bits per heavy atom. The maximum absolute atomic E-state index is 12.4. The number of carbonyl (C=O) groups is 3. The molecule has 25 heavy (non-hydrogen) atoms. The zero-order valence-electron chi connectivity index (χ0n) is 14.0. The number of benzene rings is 1. The molecule has 1 fully saturated rings. The number of carbonyl (C=O) groups excluding carboxylic acids is 3. The fraction of sp³-hybridized carbons (Fsp3) is 0.294. The lowest BCUT2D eigenvalue weighted by atomic mass is 10.1. The minimum Gasteiger partial charge on any atom is -0.325 e. The third kappa shape index (κ3) is 3.68. The summed E-state index contributed by atoms with van der Waals surface area (Å²) in [7, 11) is 1.77. The number of aromatic nitrogens is 2. The van der Waals surface area contributed by atoms with Crippen LogP contribution in [0.4, 0.5) is 10.6 Å². The molecule has 0 radical (unpaired) electrons. The molecule has 130 valence electrons. The van der Waals surface area contributed by atoms with Crippen molar-refractivity contribution in [3.63, 3.8) is 0 Å². The van der Waals surface area contributed by atoms with E-state index in [1.54, 1.807) is 17.8 Å². The Morgan fingerprint density at radius 3 is 2.64 bits per heavy atom. The van der Waals surface area contributed by atoms with Crippen molar-refractivity contribution in [2.24, 2.45) is 7.05 Å². The Kier molecular flexibility index (Phi) is 4.51. The summed E-state index contributed by atoms with van der Waals surface area (Å²) in [5, 5.41) is 9.33. The van der Waals surface area contributed by atoms with Gasteiger partial charge in [-0.1, -0.05) is 30.3 Å². The van der Waals surface area contributed by atoms with E-state index >= 15 is 0 Å². The Bertz CT molecular complexity index is 795. The first-order valence-corrected chi connectivity index (χ1v) is 7.90. The quantitative estimate of drug-likeness (QED) is 0.798. The third-order valence-electron chi connectivity index (χ3n) is 4.06. The lowest BCUT2D eigenvalue weighted by molar-refractivity contribution is -0.130. The highest BCUT2D eigenvalue weighted by Crippen LogP contribution is 2.15. The van der Waals surface area contributed by atoms with Crippen LogP contribution < -0.4 is 10.6 Å². The number of nitrogens with zero attached hydrogens (tertiary/aromatic N) is 3. The van der Waals surface area contributed by atoms with Crippen LogP contribution in [0.3, 0.4) is 0 Å². The van der Waals surface area contributed by atoms with E-state index in [1.807, 2.05) is 37.3 Å². The van der Waals surface area contributed by atoms with E-state index in [9.17, 15) is 14.4 Å². The van der Waals surface area contributed by atoms with E-state index in [0.717, 1.165) is 16.2 Å². The van der Waals surface area contributed by atoms with Crippen LogP contribution in [0.2, 0.25) is 0 Å². The van der Waals surface area contributed by atoms with Gasteiger partial charge in [0.1, 0.15) is 6.04 Å². The number of rotatable bonds is 5. The van der Waals surface area contributed by atoms with Crippen molar-refractivity contribution in [3.8, 4) is 0 Å². The highest BCUT2D eigenvalue weighted by molar-refractivity contribution is 6.06. The number of hydrogen-bond acceptors (Lipinski definition) is 4. The van der Waals surface area contributed by atoms with Gasteiger partial charge in [-0.3, -0.25) is 19.2 Å². The van der Waals surface area contributed by atoms with Crippen LogP contribution in [-0.4, -0.2) is 38.6 Å². The molecule has 0 unspecified atom stereocenters. The van der Waals surface area contributed by atoms with E-state index in [0.29, 0.717) is 5.82 Å². The minimum atomic E-state index is -0.860. The molecular formula is C17H19N5O3. The smallest absolute Gasteiger partial charge is 0.325 e. The normalized spacial score (nSPS) is 16.9. The van der Waals surface area contributed by atoms with Gasteiger partial charge in [-0.15, -0.1) is 0 Å². The average molecular weight is 341 g/mol.